The van der Waals surface area contributed by atoms with E-state index >= 15 is 0 Å². The molecule has 9 nitrogen and oxygen atoms in total. The highest BCUT2D eigenvalue weighted by molar-refractivity contribution is 5.77. The van der Waals surface area contributed by atoms with Gasteiger partial charge < -0.3 is 24.4 Å². The normalized spacial score (nSPS) is 21.2. The van der Waals surface area contributed by atoms with Gasteiger partial charge in [-0.05, 0) is 37.2 Å². The number of nitrogens with zero attached hydrogens (tertiary/aromatic N) is 5. The number of hydrogen-bond acceptors (Lipinski definition) is 8. The molecule has 0 radical (unpaired) electrons. The Morgan fingerprint density at radius 1 is 1.19 bits per heavy atom. The third kappa shape index (κ3) is 5.93. The van der Waals surface area contributed by atoms with Crippen molar-refractivity contribution in [3.63, 3.8) is 0 Å². The molecule has 0 saturated carbocycles. The smallest absolute Gasteiger partial charge is 0.260 e. The van der Waals surface area contributed by atoms with Gasteiger partial charge in [0, 0.05) is 45.1 Å². The van der Waals surface area contributed by atoms with Crippen LogP contribution >= 0.6 is 0 Å². The molecule has 1 N–H and O–H groups in total. The first-order chi connectivity index (χ1) is 15.5. The first kappa shape index (κ1) is 22.4. The van der Waals surface area contributed by atoms with Gasteiger partial charge in [0.25, 0.3) is 5.91 Å². The largest absolute Gasteiger partial charge is 0.484 e. The molecule has 2 aliphatic heterocycles. The maximum Gasteiger partial charge on any atom is 0.260 e. The summed E-state index contributed by atoms with van der Waals surface area (Å²) >= 11 is 0. The lowest BCUT2D eigenvalue weighted by Crippen LogP contribution is -2.43. The Bertz CT molecular complexity index is 876. The summed E-state index contributed by atoms with van der Waals surface area (Å²) in [5, 5.41) is 11.0. The minimum absolute atomic E-state index is 0.0168. The topological polar surface area (TPSA) is 91.3 Å². The molecular weight excluding hydrogens is 410 g/mol. The number of carbonyl (C=O) groups is 1. The molecule has 3 heterocycles. The highest BCUT2D eigenvalue weighted by Gasteiger charge is 2.38. The highest BCUT2D eigenvalue weighted by Crippen LogP contribution is 2.25. The van der Waals surface area contributed by atoms with Crippen molar-refractivity contribution in [3.8, 4) is 5.75 Å². The predicted octanol–water partition coefficient (Wildman–Crippen LogP) is 0.787. The van der Waals surface area contributed by atoms with E-state index in [1.807, 2.05) is 36.2 Å². The maximum absolute atomic E-state index is 12.2. The number of benzene rings is 1. The molecule has 9 heteroatoms. The van der Waals surface area contributed by atoms with E-state index in [4.69, 9.17) is 9.47 Å². The number of amides is 1. The van der Waals surface area contributed by atoms with Crippen LogP contribution in [-0.4, -0.2) is 96.0 Å². The molecule has 172 valence electrons. The van der Waals surface area contributed by atoms with Gasteiger partial charge in [-0.3, -0.25) is 9.69 Å². The van der Waals surface area contributed by atoms with Crippen molar-refractivity contribution >= 4 is 11.9 Å². The van der Waals surface area contributed by atoms with Gasteiger partial charge in [-0.25, -0.2) is 9.97 Å². The van der Waals surface area contributed by atoms with E-state index in [0.29, 0.717) is 64.1 Å². The van der Waals surface area contributed by atoms with Crippen molar-refractivity contribution in [2.24, 2.45) is 0 Å². The van der Waals surface area contributed by atoms with E-state index in [2.05, 4.69) is 14.9 Å². The van der Waals surface area contributed by atoms with Crippen LogP contribution in [0.15, 0.2) is 42.7 Å². The van der Waals surface area contributed by atoms with Gasteiger partial charge in [-0.2, -0.15) is 0 Å². The van der Waals surface area contributed by atoms with E-state index in [1.165, 1.54) is 0 Å². The first-order valence-corrected chi connectivity index (χ1v) is 11.0. The molecular formula is C23H31N5O4. The van der Waals surface area contributed by atoms with Crippen LogP contribution in [0.25, 0.3) is 0 Å². The summed E-state index contributed by atoms with van der Waals surface area (Å²) in [5.74, 6) is 1.32. The van der Waals surface area contributed by atoms with Crippen molar-refractivity contribution < 1.29 is 19.4 Å². The standard InChI is InChI=1S/C23H31N5O4/c1-26(17-23(30)7-10-28(18-23)22-24-8-2-9-25-22)15-19-3-5-20(6-4-19)32-16-21(29)27-11-13-31-14-12-27/h2-6,8-9,30H,7,10-18H2,1H3/t23-/m1/s1. The molecule has 2 saturated heterocycles. The van der Waals surface area contributed by atoms with Gasteiger partial charge in [0.1, 0.15) is 5.75 Å². The van der Waals surface area contributed by atoms with Crippen LogP contribution in [-0.2, 0) is 16.1 Å². The maximum atomic E-state index is 12.2. The summed E-state index contributed by atoms with van der Waals surface area (Å²) in [6, 6.07) is 9.54. The Morgan fingerprint density at radius 3 is 2.62 bits per heavy atom. The lowest BCUT2D eigenvalue weighted by atomic mass is 10.0. The van der Waals surface area contributed by atoms with E-state index < -0.39 is 5.60 Å². The minimum Gasteiger partial charge on any atom is -0.484 e. The molecule has 1 atom stereocenters. The Kier molecular flexibility index (Phi) is 7.19. The molecule has 2 fully saturated rings. The highest BCUT2D eigenvalue weighted by atomic mass is 16.5. The van der Waals surface area contributed by atoms with Gasteiger partial charge in [0.05, 0.1) is 25.4 Å². The van der Waals surface area contributed by atoms with Gasteiger partial charge in [-0.1, -0.05) is 12.1 Å². The number of anilines is 1. The second-order valence-electron chi connectivity index (χ2n) is 8.54. The van der Waals surface area contributed by atoms with E-state index in [9.17, 15) is 9.90 Å². The predicted molar refractivity (Wildman–Crippen MR) is 119 cm³/mol. The number of likely N-dealkylation sites (N-methyl/N-ethyl adjacent to an activating group) is 1. The van der Waals surface area contributed by atoms with Crippen molar-refractivity contribution in [3.05, 3.63) is 48.3 Å². The van der Waals surface area contributed by atoms with Crippen LogP contribution < -0.4 is 9.64 Å². The van der Waals surface area contributed by atoms with Crippen LogP contribution in [0.4, 0.5) is 5.95 Å². The zero-order chi connectivity index (χ0) is 22.4. The van der Waals surface area contributed by atoms with Gasteiger partial charge in [0.15, 0.2) is 6.61 Å². The summed E-state index contributed by atoms with van der Waals surface area (Å²) in [7, 11) is 2.01. The third-order valence-electron chi connectivity index (χ3n) is 5.83. The molecule has 0 bridgehead atoms. The Labute approximate surface area is 188 Å². The quantitative estimate of drug-likeness (QED) is 0.643. The molecule has 1 aromatic heterocycles. The minimum atomic E-state index is -0.795. The average Bonchev–Trinajstić information content (AvgIpc) is 3.21. The molecule has 4 rings (SSSR count). The first-order valence-electron chi connectivity index (χ1n) is 11.0. The zero-order valence-corrected chi connectivity index (χ0v) is 18.5. The molecule has 0 spiro atoms. The Hall–Kier alpha value is -2.75. The summed E-state index contributed by atoms with van der Waals surface area (Å²) in [6.45, 7) is 4.97. The SMILES string of the molecule is CN(Cc1ccc(OCC(=O)N2CCOCC2)cc1)C[C@]1(O)CCN(c2ncccn2)C1. The van der Waals surface area contributed by atoms with Crippen molar-refractivity contribution in [2.45, 2.75) is 18.6 Å². The van der Waals surface area contributed by atoms with Gasteiger partial charge in [0.2, 0.25) is 5.95 Å². The fourth-order valence-corrected chi connectivity index (χ4v) is 4.22. The van der Waals surface area contributed by atoms with Crippen molar-refractivity contribution in [1.29, 1.82) is 0 Å². The van der Waals surface area contributed by atoms with Crippen molar-refractivity contribution in [2.75, 3.05) is 64.5 Å². The number of morpholine rings is 1. The Morgan fingerprint density at radius 2 is 1.91 bits per heavy atom. The molecule has 2 aromatic rings. The van der Waals surface area contributed by atoms with E-state index in [0.717, 1.165) is 12.1 Å². The van der Waals surface area contributed by atoms with Gasteiger partial charge >= 0.3 is 0 Å². The third-order valence-corrected chi connectivity index (χ3v) is 5.83. The molecule has 32 heavy (non-hydrogen) atoms. The van der Waals surface area contributed by atoms with Crippen LogP contribution in [0.2, 0.25) is 0 Å². The van der Waals surface area contributed by atoms with Crippen LogP contribution in [0, 0.1) is 0 Å². The zero-order valence-electron chi connectivity index (χ0n) is 18.5. The van der Waals surface area contributed by atoms with E-state index in [-0.39, 0.29) is 12.5 Å². The van der Waals surface area contributed by atoms with Gasteiger partial charge in [-0.15, -0.1) is 0 Å². The lowest BCUT2D eigenvalue weighted by Gasteiger charge is -2.29. The number of hydrogen-bond donors (Lipinski definition) is 1. The summed E-state index contributed by atoms with van der Waals surface area (Å²) in [4.78, 5) is 26.7. The number of rotatable bonds is 8. The van der Waals surface area contributed by atoms with Crippen LogP contribution in [0.3, 0.4) is 0 Å². The molecule has 0 unspecified atom stereocenters. The summed E-state index contributed by atoms with van der Waals surface area (Å²) in [6.07, 6.45) is 4.12. The van der Waals surface area contributed by atoms with Crippen LogP contribution in [0.1, 0.15) is 12.0 Å². The number of β-amino-alcohol motifs (C(OH)–C–C–N with tert-alkyl or cyclic N) is 1. The molecule has 1 aromatic carbocycles. The second kappa shape index (κ2) is 10.2. The number of aromatic nitrogens is 2. The average molecular weight is 442 g/mol. The summed E-state index contributed by atoms with van der Waals surface area (Å²) < 4.78 is 10.9. The fraction of sp³-hybridized carbons (Fsp3) is 0.522. The second-order valence-corrected chi connectivity index (χ2v) is 8.54. The summed E-state index contributed by atoms with van der Waals surface area (Å²) in [5.41, 5.74) is 0.320. The fourth-order valence-electron chi connectivity index (χ4n) is 4.22. The molecule has 1 amide bonds. The number of carbonyl (C=O) groups excluding carboxylic acids is 1. The number of ether oxygens (including phenoxy) is 2. The van der Waals surface area contributed by atoms with Crippen molar-refractivity contribution in [1.82, 2.24) is 19.8 Å². The molecule has 2 aliphatic rings. The molecule has 0 aliphatic carbocycles. The lowest BCUT2D eigenvalue weighted by molar-refractivity contribution is -0.137. The van der Waals surface area contributed by atoms with Crippen LogP contribution in [0.5, 0.6) is 5.75 Å². The van der Waals surface area contributed by atoms with E-state index in [1.54, 1.807) is 23.4 Å². The monoisotopic (exact) mass is 441 g/mol. The Balaban J connectivity index is 1.23. The number of aliphatic hydroxyl groups is 1.